The van der Waals surface area contributed by atoms with Crippen molar-refractivity contribution >= 4 is 23.2 Å². The molecule has 1 heterocycles. The van der Waals surface area contributed by atoms with Crippen molar-refractivity contribution in [1.29, 1.82) is 0 Å². The lowest BCUT2D eigenvalue weighted by atomic mass is 10.3. The van der Waals surface area contributed by atoms with Gasteiger partial charge in [-0.2, -0.15) is 4.98 Å². The zero-order valence-electron chi connectivity index (χ0n) is 9.86. The van der Waals surface area contributed by atoms with Gasteiger partial charge in [0.25, 0.3) is 0 Å². The number of rotatable bonds is 4. The summed E-state index contributed by atoms with van der Waals surface area (Å²) in [6, 6.07) is 8.79. The van der Waals surface area contributed by atoms with Gasteiger partial charge in [0.15, 0.2) is 0 Å². The molecule has 18 heavy (non-hydrogen) atoms. The summed E-state index contributed by atoms with van der Waals surface area (Å²) in [4.78, 5) is 8.41. The molecule has 0 N–H and O–H groups in total. The highest BCUT2D eigenvalue weighted by Gasteiger charge is 2.07. The van der Waals surface area contributed by atoms with E-state index in [9.17, 15) is 0 Å². The van der Waals surface area contributed by atoms with Crippen LogP contribution in [0.1, 0.15) is 19.2 Å². The van der Waals surface area contributed by atoms with E-state index in [1.807, 2.05) is 12.1 Å². The molecule has 0 radical (unpaired) electrons. The van der Waals surface area contributed by atoms with Gasteiger partial charge in [-0.1, -0.05) is 42.3 Å². The molecule has 0 spiro atoms. The van der Waals surface area contributed by atoms with Crippen molar-refractivity contribution < 1.29 is 4.74 Å². The molecule has 0 fully saturated rings. The van der Waals surface area contributed by atoms with Gasteiger partial charge >= 0.3 is 0 Å². The molecule has 2 aromatic rings. The lowest BCUT2D eigenvalue weighted by Crippen LogP contribution is -1.97. The quantitative estimate of drug-likeness (QED) is 0.773. The van der Waals surface area contributed by atoms with Gasteiger partial charge in [0.2, 0.25) is 5.88 Å². The van der Waals surface area contributed by atoms with Crippen LogP contribution in [0, 0.1) is 0 Å². The number of ether oxygens (including phenoxy) is 1. The van der Waals surface area contributed by atoms with Crippen molar-refractivity contribution in [3.63, 3.8) is 0 Å². The van der Waals surface area contributed by atoms with Gasteiger partial charge in [0.05, 0.1) is 5.02 Å². The van der Waals surface area contributed by atoms with Gasteiger partial charge in [0, 0.05) is 12.5 Å². The summed E-state index contributed by atoms with van der Waals surface area (Å²) < 4.78 is 5.61. The summed E-state index contributed by atoms with van der Waals surface area (Å²) >= 11 is 11.9. The van der Waals surface area contributed by atoms with Crippen LogP contribution in [-0.2, 0) is 6.42 Å². The van der Waals surface area contributed by atoms with Crippen LogP contribution >= 0.6 is 23.2 Å². The van der Waals surface area contributed by atoms with Crippen LogP contribution in [-0.4, -0.2) is 9.97 Å². The molecule has 0 aliphatic heterocycles. The average Bonchev–Trinajstić information content (AvgIpc) is 2.32. The van der Waals surface area contributed by atoms with Crippen LogP contribution in [0.5, 0.6) is 11.6 Å². The second-order valence-corrected chi connectivity index (χ2v) is 4.52. The van der Waals surface area contributed by atoms with Crippen molar-refractivity contribution in [2.45, 2.75) is 19.8 Å². The molecule has 94 valence electrons. The Kier molecular flexibility index (Phi) is 4.39. The van der Waals surface area contributed by atoms with Crippen molar-refractivity contribution in [3.05, 3.63) is 46.3 Å². The number of hydrogen-bond donors (Lipinski definition) is 0. The minimum absolute atomic E-state index is 0.371. The smallest absolute Gasteiger partial charge is 0.224 e. The predicted molar refractivity (Wildman–Crippen MR) is 72.6 cm³/mol. The SMILES string of the molecule is CCCc1nc(Cl)cc(Oc2ccccc2Cl)n1. The molecule has 0 aliphatic carbocycles. The first kappa shape index (κ1) is 13.1. The van der Waals surface area contributed by atoms with E-state index >= 15 is 0 Å². The maximum Gasteiger partial charge on any atom is 0.224 e. The van der Waals surface area contributed by atoms with Crippen molar-refractivity contribution in [2.75, 3.05) is 0 Å². The fourth-order valence-electron chi connectivity index (χ4n) is 1.47. The van der Waals surface area contributed by atoms with Gasteiger partial charge in [-0.05, 0) is 18.6 Å². The minimum atomic E-state index is 0.371. The number of nitrogens with zero attached hydrogens (tertiary/aromatic N) is 2. The third-order valence-electron chi connectivity index (χ3n) is 2.24. The highest BCUT2D eigenvalue weighted by Crippen LogP contribution is 2.28. The van der Waals surface area contributed by atoms with Gasteiger partial charge in [0.1, 0.15) is 16.7 Å². The van der Waals surface area contributed by atoms with Crippen molar-refractivity contribution in [3.8, 4) is 11.6 Å². The van der Waals surface area contributed by atoms with E-state index in [1.165, 1.54) is 0 Å². The van der Waals surface area contributed by atoms with Crippen LogP contribution in [0.3, 0.4) is 0 Å². The topological polar surface area (TPSA) is 35.0 Å². The first-order valence-corrected chi connectivity index (χ1v) is 6.40. The molecule has 5 heteroatoms. The third-order valence-corrected chi connectivity index (χ3v) is 2.75. The largest absolute Gasteiger partial charge is 0.437 e. The average molecular weight is 283 g/mol. The molecule has 1 aromatic carbocycles. The molecule has 0 unspecified atom stereocenters. The summed E-state index contributed by atoms with van der Waals surface area (Å²) in [7, 11) is 0. The fourth-order valence-corrected chi connectivity index (χ4v) is 1.83. The Morgan fingerprint density at radius 2 is 1.94 bits per heavy atom. The molecule has 1 aromatic heterocycles. The highest BCUT2D eigenvalue weighted by atomic mass is 35.5. The molecule has 0 saturated heterocycles. The van der Waals surface area contributed by atoms with E-state index < -0.39 is 0 Å². The van der Waals surface area contributed by atoms with E-state index in [2.05, 4.69) is 16.9 Å². The second kappa shape index (κ2) is 6.03. The highest BCUT2D eigenvalue weighted by molar-refractivity contribution is 6.32. The molecule has 0 bridgehead atoms. The summed E-state index contributed by atoms with van der Waals surface area (Å²) in [6.45, 7) is 2.05. The Morgan fingerprint density at radius 3 is 2.67 bits per heavy atom. The number of aryl methyl sites for hydroxylation is 1. The van der Waals surface area contributed by atoms with Crippen molar-refractivity contribution in [1.82, 2.24) is 9.97 Å². The summed E-state index contributed by atoms with van der Waals surface area (Å²) in [5.41, 5.74) is 0. The molecule has 0 amide bonds. The number of aromatic nitrogens is 2. The van der Waals surface area contributed by atoms with Crippen LogP contribution < -0.4 is 4.74 Å². The number of para-hydroxylation sites is 1. The Morgan fingerprint density at radius 1 is 1.17 bits per heavy atom. The van der Waals surface area contributed by atoms with E-state index in [1.54, 1.807) is 18.2 Å². The Hall–Kier alpha value is -1.32. The third kappa shape index (κ3) is 3.34. The van der Waals surface area contributed by atoms with E-state index in [0.717, 1.165) is 12.8 Å². The molecular weight excluding hydrogens is 271 g/mol. The van der Waals surface area contributed by atoms with E-state index in [4.69, 9.17) is 27.9 Å². The van der Waals surface area contributed by atoms with Crippen LogP contribution in [0.4, 0.5) is 0 Å². The minimum Gasteiger partial charge on any atom is -0.437 e. The molecule has 0 atom stereocenters. The first-order chi connectivity index (χ1) is 8.69. The molecule has 3 nitrogen and oxygen atoms in total. The molecule has 2 rings (SSSR count). The standard InChI is InChI=1S/C13H12Cl2N2O/c1-2-5-12-16-11(15)8-13(17-12)18-10-7-4-3-6-9(10)14/h3-4,6-8H,2,5H2,1H3. The molecule has 0 saturated carbocycles. The molecule has 0 aliphatic rings. The van der Waals surface area contributed by atoms with E-state index in [0.29, 0.717) is 27.6 Å². The first-order valence-electron chi connectivity index (χ1n) is 5.65. The predicted octanol–water partition coefficient (Wildman–Crippen LogP) is 4.53. The van der Waals surface area contributed by atoms with Crippen LogP contribution in [0.15, 0.2) is 30.3 Å². The van der Waals surface area contributed by atoms with E-state index in [-0.39, 0.29) is 0 Å². The monoisotopic (exact) mass is 282 g/mol. The number of hydrogen-bond acceptors (Lipinski definition) is 3. The Balaban J connectivity index is 2.26. The Bertz CT molecular complexity index is 546. The number of halogens is 2. The normalized spacial score (nSPS) is 10.4. The zero-order chi connectivity index (χ0) is 13.0. The summed E-state index contributed by atoms with van der Waals surface area (Å²) in [6.07, 6.45) is 1.71. The van der Waals surface area contributed by atoms with Crippen molar-refractivity contribution in [2.24, 2.45) is 0 Å². The Labute approximate surface area is 116 Å². The number of benzene rings is 1. The van der Waals surface area contributed by atoms with Crippen LogP contribution in [0.2, 0.25) is 10.2 Å². The van der Waals surface area contributed by atoms with Gasteiger partial charge < -0.3 is 4.74 Å². The summed E-state index contributed by atoms with van der Waals surface area (Å²) in [5, 5.41) is 0.903. The molecular formula is C13H12Cl2N2O. The fraction of sp³-hybridized carbons (Fsp3) is 0.231. The van der Waals surface area contributed by atoms with Gasteiger partial charge in [-0.15, -0.1) is 0 Å². The van der Waals surface area contributed by atoms with Crippen LogP contribution in [0.25, 0.3) is 0 Å². The maximum absolute atomic E-state index is 6.01. The second-order valence-electron chi connectivity index (χ2n) is 3.73. The summed E-state index contributed by atoms with van der Waals surface area (Å²) in [5.74, 6) is 1.63. The maximum atomic E-state index is 6.01. The van der Waals surface area contributed by atoms with Gasteiger partial charge in [-0.25, -0.2) is 4.98 Å². The zero-order valence-corrected chi connectivity index (χ0v) is 11.4. The lowest BCUT2D eigenvalue weighted by Gasteiger charge is -2.07. The van der Waals surface area contributed by atoms with Gasteiger partial charge in [-0.3, -0.25) is 0 Å². The lowest BCUT2D eigenvalue weighted by molar-refractivity contribution is 0.458.